The second kappa shape index (κ2) is 17.5. The van der Waals surface area contributed by atoms with Crippen molar-refractivity contribution in [1.29, 1.82) is 0 Å². The van der Waals surface area contributed by atoms with Gasteiger partial charge in [-0.2, -0.15) is 0 Å². The first-order chi connectivity index (χ1) is 27.2. The lowest BCUT2D eigenvalue weighted by Gasteiger charge is -2.46. The molecule has 0 aliphatic carbocycles. The summed E-state index contributed by atoms with van der Waals surface area (Å²) in [5.41, 5.74) is 7.78. The number of allylic oxidation sites excluding steroid dienone is 1. The van der Waals surface area contributed by atoms with E-state index in [2.05, 4.69) is 10.3 Å². The molecule has 5 N–H and O–H groups in total. The van der Waals surface area contributed by atoms with Gasteiger partial charge in [-0.05, 0) is 59.1 Å². The smallest absolute Gasteiger partial charge is 0.411 e. The number of ether oxygens (including phenoxy) is 5. The highest BCUT2D eigenvalue weighted by Gasteiger charge is 2.61. The van der Waals surface area contributed by atoms with Crippen molar-refractivity contribution in [1.82, 2.24) is 19.9 Å². The van der Waals surface area contributed by atoms with E-state index in [-0.39, 0.29) is 25.2 Å². The molecule has 58 heavy (non-hydrogen) atoms. The molecule has 0 bridgehead atoms. The molecule has 16 nitrogen and oxygen atoms in total. The Morgan fingerprint density at radius 1 is 1.07 bits per heavy atom. The topological polar surface area (TPSA) is 221 Å². The summed E-state index contributed by atoms with van der Waals surface area (Å²) in [6, 6.07) is 5.53. The maximum Gasteiger partial charge on any atom is 0.411 e. The fourth-order valence-electron chi connectivity index (χ4n) is 8.81. The average Bonchev–Trinajstić information content (AvgIpc) is 3.75. The van der Waals surface area contributed by atoms with Gasteiger partial charge in [0.15, 0.2) is 17.7 Å². The van der Waals surface area contributed by atoms with E-state index in [1.807, 2.05) is 12.1 Å². The largest absolute Gasteiger partial charge is 0.455 e. The molecule has 3 aliphatic rings. The average molecular weight is 815 g/mol. The predicted molar refractivity (Wildman–Crippen MR) is 209 cm³/mol. The minimum absolute atomic E-state index is 0.000946. The van der Waals surface area contributed by atoms with Crippen molar-refractivity contribution < 1.29 is 52.4 Å². The number of hydrogen-bond donors (Lipinski definition) is 3. The third kappa shape index (κ3) is 8.83. The summed E-state index contributed by atoms with van der Waals surface area (Å²) in [4.78, 5) is 57.7. The van der Waals surface area contributed by atoms with Gasteiger partial charge in [0.2, 0.25) is 0 Å². The van der Waals surface area contributed by atoms with Crippen LogP contribution in [-0.2, 0) is 44.6 Å². The molecule has 3 aliphatic heterocycles. The van der Waals surface area contributed by atoms with Crippen LogP contribution in [-0.4, -0.2) is 122 Å². The standard InChI is InChI=1S/C41H59FN6O10/c1-10-30-41(8)33(48(38(53)58-41)17-12-11-16-47-21-29(45-46-47)26-14-13-15-27(43)19-26)24(4)31(49)22(2)20-39(6,54-9)35(25(5)34(51)40(7,42)37(52)56-30)57-36-32(50)28(44)18-23(3)55-36/h11-15,19,21-25,28,30,32-33,35-36,50H,10,16-18,20,43-44H2,1-9H3/b12-11+/t22-,23?,24+,25+,28?,30-,32?,33-,35-,36+,39-,40+,41-/m1/s1. The predicted octanol–water partition coefficient (Wildman–Crippen LogP) is 3.78. The molecule has 13 atom stereocenters. The second-order valence-electron chi connectivity index (χ2n) is 16.6. The van der Waals surface area contributed by atoms with Crippen LogP contribution >= 0.6 is 0 Å². The highest BCUT2D eigenvalue weighted by molar-refractivity contribution is 6.08. The molecule has 3 saturated heterocycles. The lowest BCUT2D eigenvalue weighted by Crippen LogP contribution is -2.61. The number of aliphatic hydroxyl groups is 1. The summed E-state index contributed by atoms with van der Waals surface area (Å²) in [5, 5.41) is 19.4. The van der Waals surface area contributed by atoms with Crippen LogP contribution in [0.3, 0.4) is 0 Å². The molecule has 1 aromatic heterocycles. The Morgan fingerprint density at radius 3 is 2.41 bits per heavy atom. The molecule has 4 heterocycles. The van der Waals surface area contributed by atoms with Crippen molar-refractivity contribution in [3.05, 3.63) is 42.6 Å². The van der Waals surface area contributed by atoms with Crippen LogP contribution in [0.25, 0.3) is 11.3 Å². The summed E-state index contributed by atoms with van der Waals surface area (Å²) in [6.07, 6.45) is -0.836. The number of fused-ring (bicyclic) bond motifs is 1. The van der Waals surface area contributed by atoms with Gasteiger partial charge in [0.25, 0.3) is 5.67 Å². The van der Waals surface area contributed by atoms with Gasteiger partial charge in [0, 0.05) is 48.7 Å². The lowest BCUT2D eigenvalue weighted by atomic mass is 9.73. The molecule has 0 radical (unpaired) electrons. The number of rotatable bonds is 9. The summed E-state index contributed by atoms with van der Waals surface area (Å²) in [5.74, 6) is -6.05. The summed E-state index contributed by atoms with van der Waals surface area (Å²) in [7, 11) is 1.37. The number of carbonyl (C=O) groups excluding carboxylic acids is 4. The van der Waals surface area contributed by atoms with E-state index in [1.165, 1.54) is 18.9 Å². The molecule has 1 amide bonds. The molecule has 3 fully saturated rings. The number of halogens is 1. The number of ketones is 2. The summed E-state index contributed by atoms with van der Waals surface area (Å²) in [6.45, 7) is 12.5. The Bertz CT molecular complexity index is 1860. The van der Waals surface area contributed by atoms with Gasteiger partial charge in [-0.1, -0.05) is 57.2 Å². The number of hydrogen-bond acceptors (Lipinski definition) is 14. The number of cyclic esters (lactones) is 1. The summed E-state index contributed by atoms with van der Waals surface area (Å²) >= 11 is 0. The fraction of sp³-hybridized carbons (Fsp3) is 0.659. The molecule has 2 aromatic rings. The number of nitrogens with zero attached hydrogens (tertiary/aromatic N) is 4. The minimum atomic E-state index is -3.21. The Labute approximate surface area is 338 Å². The van der Waals surface area contributed by atoms with Crippen LogP contribution in [0.15, 0.2) is 42.6 Å². The van der Waals surface area contributed by atoms with Gasteiger partial charge >= 0.3 is 12.1 Å². The first kappa shape index (κ1) is 44.8. The van der Waals surface area contributed by atoms with E-state index in [1.54, 1.807) is 76.7 Å². The molecule has 17 heteroatoms. The number of anilines is 1. The van der Waals surface area contributed by atoms with Crippen molar-refractivity contribution in [3.8, 4) is 11.3 Å². The number of esters is 1. The molecule has 3 unspecified atom stereocenters. The number of benzene rings is 1. The molecule has 0 saturated carbocycles. The maximum atomic E-state index is 16.8. The van der Waals surface area contributed by atoms with Gasteiger partial charge in [-0.25, -0.2) is 18.7 Å². The Hall–Kier alpha value is -4.29. The molecule has 1 aromatic carbocycles. The van der Waals surface area contributed by atoms with Crippen LogP contribution < -0.4 is 11.5 Å². The zero-order valence-corrected chi connectivity index (χ0v) is 34.8. The van der Waals surface area contributed by atoms with Gasteiger partial charge in [-0.15, -0.1) is 5.10 Å². The summed E-state index contributed by atoms with van der Waals surface area (Å²) < 4.78 is 48.4. The number of Topliss-reactive ketones (excluding diaryl/α,β-unsaturated/α-hetero) is 2. The Balaban J connectivity index is 1.48. The zero-order valence-electron chi connectivity index (χ0n) is 34.8. The van der Waals surface area contributed by atoms with E-state index in [9.17, 15) is 24.3 Å². The van der Waals surface area contributed by atoms with Crippen LogP contribution in [0, 0.1) is 17.8 Å². The molecule has 0 spiro atoms. The number of carbonyl (C=O) groups is 4. The first-order valence-corrected chi connectivity index (χ1v) is 19.9. The lowest BCUT2D eigenvalue weighted by molar-refractivity contribution is -0.288. The van der Waals surface area contributed by atoms with Crippen LogP contribution in [0.4, 0.5) is 14.9 Å². The van der Waals surface area contributed by atoms with Crippen molar-refractivity contribution >= 4 is 29.3 Å². The molecule has 5 rings (SSSR count). The monoisotopic (exact) mass is 814 g/mol. The van der Waals surface area contributed by atoms with Gasteiger partial charge in [0.1, 0.15) is 23.7 Å². The van der Waals surface area contributed by atoms with Crippen molar-refractivity contribution in [2.45, 2.75) is 141 Å². The molecular formula is C41H59FN6O10. The number of aromatic nitrogens is 3. The number of alkyl halides is 1. The van der Waals surface area contributed by atoms with Crippen LogP contribution in [0.5, 0.6) is 0 Å². The number of amides is 1. The van der Waals surface area contributed by atoms with Gasteiger partial charge < -0.3 is 40.3 Å². The zero-order chi connectivity index (χ0) is 42.9. The van der Waals surface area contributed by atoms with Crippen molar-refractivity contribution in [2.75, 3.05) is 19.4 Å². The van der Waals surface area contributed by atoms with Gasteiger partial charge in [0.05, 0.1) is 36.6 Å². The highest BCUT2D eigenvalue weighted by Crippen LogP contribution is 2.43. The number of nitrogens with two attached hydrogens (primary N) is 2. The number of aliphatic hydroxyl groups excluding tert-OH is 1. The van der Waals surface area contributed by atoms with Gasteiger partial charge in [-0.3, -0.25) is 14.5 Å². The maximum absolute atomic E-state index is 16.8. The second-order valence-corrected chi connectivity index (χ2v) is 16.6. The van der Waals surface area contributed by atoms with E-state index < -0.39 is 95.3 Å². The quantitative estimate of drug-likeness (QED) is 0.142. The van der Waals surface area contributed by atoms with E-state index in [4.69, 9.17) is 35.2 Å². The number of methoxy groups -OCH3 is 1. The Morgan fingerprint density at radius 2 is 1.76 bits per heavy atom. The van der Waals surface area contributed by atoms with Crippen molar-refractivity contribution in [3.63, 3.8) is 0 Å². The van der Waals surface area contributed by atoms with Crippen LogP contribution in [0.2, 0.25) is 0 Å². The van der Waals surface area contributed by atoms with E-state index in [0.717, 1.165) is 12.5 Å². The molecule has 320 valence electrons. The third-order valence-electron chi connectivity index (χ3n) is 12.1. The van der Waals surface area contributed by atoms with E-state index in [0.29, 0.717) is 24.3 Å². The Kier molecular flexibility index (Phi) is 13.5. The third-order valence-corrected chi connectivity index (χ3v) is 12.1. The van der Waals surface area contributed by atoms with E-state index >= 15 is 4.39 Å². The molecular weight excluding hydrogens is 755 g/mol. The number of nitrogen functional groups attached to an aromatic ring is 1. The minimum Gasteiger partial charge on any atom is -0.455 e. The van der Waals surface area contributed by atoms with Crippen LogP contribution in [0.1, 0.15) is 74.7 Å². The highest BCUT2D eigenvalue weighted by atomic mass is 19.1. The fourth-order valence-corrected chi connectivity index (χ4v) is 8.81. The normalized spacial score (nSPS) is 38.0. The SMILES string of the molecule is CC[C@H]1OC(=O)[C@@](C)(F)C(=O)[C@H](C)[C@@H](O[C@@H]2OC(C)CC(N)C2O)[C@](C)(OC)C[C@@H](C)C(=O)[C@H](C)[C@H]2N(C/C=C/Cn3cc(-c4cccc(N)c4)nn3)C(=O)O[C@]12C. The van der Waals surface area contributed by atoms with Crippen molar-refractivity contribution in [2.24, 2.45) is 23.5 Å². The first-order valence-electron chi connectivity index (χ1n) is 19.9.